The molecule has 0 bridgehead atoms. The van der Waals surface area contributed by atoms with Crippen LogP contribution < -0.4 is 20.6 Å². The Hall–Kier alpha value is -5.34. The number of aromatic nitrogens is 5. The van der Waals surface area contributed by atoms with Crippen LogP contribution in [0.15, 0.2) is 82.8 Å². The normalized spacial score (nSPS) is 10.7. The van der Waals surface area contributed by atoms with E-state index in [2.05, 4.69) is 15.1 Å². The fraction of sp³-hybridized carbons (Fsp3) is 0.133. The Morgan fingerprint density at radius 1 is 0.976 bits per heavy atom. The fourth-order valence-electron chi connectivity index (χ4n) is 4.16. The highest BCUT2D eigenvalue weighted by atomic mass is 35.5. The monoisotopic (exact) mass is 584 g/mol. The summed E-state index contributed by atoms with van der Waals surface area (Å²) < 4.78 is 27.2. The van der Waals surface area contributed by atoms with Crippen molar-refractivity contribution in [1.29, 1.82) is 5.26 Å². The second kappa shape index (κ2) is 12.0. The summed E-state index contributed by atoms with van der Waals surface area (Å²) in [7, 11) is 1.56. The van der Waals surface area contributed by atoms with E-state index in [1.807, 2.05) is 6.07 Å². The van der Waals surface area contributed by atoms with Crippen molar-refractivity contribution in [3.8, 4) is 34.6 Å². The predicted octanol–water partition coefficient (Wildman–Crippen LogP) is 4.73. The first-order valence-corrected chi connectivity index (χ1v) is 12.9. The first-order chi connectivity index (χ1) is 20.2. The van der Waals surface area contributed by atoms with Crippen molar-refractivity contribution in [2.24, 2.45) is 0 Å². The maximum atomic E-state index is 13.6. The van der Waals surface area contributed by atoms with Crippen LogP contribution in [0.5, 0.6) is 17.2 Å². The van der Waals surface area contributed by atoms with Crippen LogP contribution in [0.2, 0.25) is 5.02 Å². The van der Waals surface area contributed by atoms with E-state index in [0.717, 1.165) is 11.8 Å². The molecule has 2 aromatic carbocycles. The van der Waals surface area contributed by atoms with Gasteiger partial charge in [-0.3, -0.25) is 19.1 Å². The van der Waals surface area contributed by atoms with E-state index in [4.69, 9.17) is 21.1 Å². The molecule has 0 saturated carbocycles. The lowest BCUT2D eigenvalue weighted by Crippen LogP contribution is -2.29. The van der Waals surface area contributed by atoms with Crippen LogP contribution >= 0.6 is 11.6 Å². The van der Waals surface area contributed by atoms with Crippen LogP contribution in [0.4, 0.5) is 4.39 Å². The summed E-state index contributed by atoms with van der Waals surface area (Å²) in [6, 6.07) is 17.7. The molecule has 3 aromatic heterocycles. The van der Waals surface area contributed by atoms with Crippen LogP contribution in [-0.4, -0.2) is 31.4 Å². The molecule has 0 radical (unpaired) electrons. The molecule has 0 unspecified atom stereocenters. The number of hydrogen-bond acceptors (Lipinski definition) is 8. The molecule has 0 aliphatic carbocycles. The zero-order chi connectivity index (χ0) is 29.8. The third-order valence-corrected chi connectivity index (χ3v) is 6.47. The molecule has 0 amide bonds. The number of rotatable bonds is 8. The Kier molecular flexibility index (Phi) is 8.08. The van der Waals surface area contributed by atoms with Crippen LogP contribution in [0.3, 0.4) is 0 Å². The number of methoxy groups -OCH3 is 1. The number of halogens is 2. The van der Waals surface area contributed by atoms with E-state index in [1.54, 1.807) is 38.3 Å². The molecular formula is C30H22ClFN6O4. The van der Waals surface area contributed by atoms with Gasteiger partial charge in [0.15, 0.2) is 0 Å². The molecular weight excluding hydrogens is 563 g/mol. The van der Waals surface area contributed by atoms with Crippen molar-refractivity contribution in [1.82, 2.24) is 24.3 Å². The maximum Gasteiger partial charge on any atom is 0.296 e. The maximum absolute atomic E-state index is 13.6. The van der Waals surface area contributed by atoms with Crippen LogP contribution in [-0.2, 0) is 13.1 Å². The number of pyridine rings is 1. The van der Waals surface area contributed by atoms with Gasteiger partial charge in [0.05, 0.1) is 67.0 Å². The molecule has 10 nitrogen and oxygen atoms in total. The number of aryl methyl sites for hydroxylation is 1. The van der Waals surface area contributed by atoms with E-state index < -0.39 is 16.9 Å². The van der Waals surface area contributed by atoms with Crippen molar-refractivity contribution < 1.29 is 13.9 Å². The van der Waals surface area contributed by atoms with E-state index >= 15 is 0 Å². The summed E-state index contributed by atoms with van der Waals surface area (Å²) in [6.45, 7) is 1.66. The molecule has 42 heavy (non-hydrogen) atoms. The molecule has 0 aliphatic heterocycles. The molecule has 0 spiro atoms. The number of nitrogens with zero attached hydrogens (tertiary/aromatic N) is 6. The Bertz CT molecular complexity index is 1930. The molecule has 210 valence electrons. The average Bonchev–Trinajstić information content (AvgIpc) is 2.99. The van der Waals surface area contributed by atoms with Crippen LogP contribution in [0.1, 0.15) is 22.5 Å². The van der Waals surface area contributed by atoms with Crippen molar-refractivity contribution in [3.63, 3.8) is 0 Å². The zero-order valence-corrected chi connectivity index (χ0v) is 23.2. The first kappa shape index (κ1) is 28.2. The van der Waals surface area contributed by atoms with Gasteiger partial charge in [-0.1, -0.05) is 23.7 Å². The van der Waals surface area contributed by atoms with E-state index in [0.29, 0.717) is 17.1 Å². The van der Waals surface area contributed by atoms with Gasteiger partial charge >= 0.3 is 0 Å². The predicted molar refractivity (Wildman–Crippen MR) is 152 cm³/mol. The highest BCUT2D eigenvalue weighted by Crippen LogP contribution is 2.25. The van der Waals surface area contributed by atoms with Gasteiger partial charge in [-0.05, 0) is 61.0 Å². The third-order valence-electron chi connectivity index (χ3n) is 6.25. The zero-order valence-electron chi connectivity index (χ0n) is 22.4. The molecule has 0 fully saturated rings. The Labute approximate surface area is 243 Å². The number of nitriles is 1. The topological polar surface area (TPSA) is 125 Å². The molecule has 0 N–H and O–H groups in total. The molecule has 0 aliphatic rings. The van der Waals surface area contributed by atoms with Crippen molar-refractivity contribution in [2.75, 3.05) is 7.11 Å². The molecule has 5 aromatic rings. The van der Waals surface area contributed by atoms with Gasteiger partial charge in [0.2, 0.25) is 5.75 Å². The van der Waals surface area contributed by atoms with Crippen molar-refractivity contribution >= 4 is 11.6 Å². The van der Waals surface area contributed by atoms with Gasteiger partial charge in [-0.25, -0.2) is 14.1 Å². The summed E-state index contributed by atoms with van der Waals surface area (Å²) in [5.74, 6) is 0.262. The Morgan fingerprint density at radius 2 is 1.76 bits per heavy atom. The second-order valence-corrected chi connectivity index (χ2v) is 9.64. The summed E-state index contributed by atoms with van der Waals surface area (Å²) in [5, 5.41) is 14.0. The molecule has 0 saturated heterocycles. The van der Waals surface area contributed by atoms with Crippen LogP contribution in [0.25, 0.3) is 11.3 Å². The average molecular weight is 585 g/mol. The minimum Gasteiger partial charge on any atom is -0.497 e. The standard InChI is InChI=1S/C30H22ClFN6O4/c1-18-28(42-25-10-20(13-33)9-21(31)11-25)30(40)37(17-35-18)16-23-12-26(27-8-5-22(32)14-34-27)29(39)38(36-23)15-19-3-6-24(41-2)7-4-19/h3-12,14,17H,15-16H2,1-2H3. The first-order valence-electron chi connectivity index (χ1n) is 12.5. The summed E-state index contributed by atoms with van der Waals surface area (Å²) in [4.78, 5) is 35.3. The van der Waals surface area contributed by atoms with E-state index in [9.17, 15) is 19.2 Å². The van der Waals surface area contributed by atoms with Gasteiger partial charge in [0.25, 0.3) is 11.1 Å². The highest BCUT2D eigenvalue weighted by Gasteiger charge is 2.17. The molecule has 0 atom stereocenters. The van der Waals surface area contributed by atoms with Gasteiger partial charge in [-0.15, -0.1) is 0 Å². The van der Waals surface area contributed by atoms with Crippen LogP contribution in [0, 0.1) is 24.1 Å². The number of benzene rings is 2. The lowest BCUT2D eigenvalue weighted by Gasteiger charge is -2.14. The van der Waals surface area contributed by atoms with E-state index in [-0.39, 0.29) is 46.4 Å². The number of hydrogen-bond donors (Lipinski definition) is 0. The Balaban J connectivity index is 1.55. The van der Waals surface area contributed by atoms with E-state index in [1.165, 1.54) is 52.0 Å². The summed E-state index contributed by atoms with van der Waals surface area (Å²) >= 11 is 6.09. The Morgan fingerprint density at radius 3 is 2.45 bits per heavy atom. The minimum absolute atomic E-state index is 0.0596. The number of ether oxygens (including phenoxy) is 2. The second-order valence-electron chi connectivity index (χ2n) is 9.20. The molecule has 3 heterocycles. The summed E-state index contributed by atoms with van der Waals surface area (Å²) in [5.41, 5.74) is 1.19. The smallest absolute Gasteiger partial charge is 0.296 e. The SMILES string of the molecule is COc1ccc(Cn2nc(Cn3cnc(C)c(Oc4cc(Cl)cc(C#N)c4)c3=O)cc(-c3ccc(F)cn3)c2=O)cc1. The van der Waals surface area contributed by atoms with Gasteiger partial charge < -0.3 is 9.47 Å². The lowest BCUT2D eigenvalue weighted by molar-refractivity contribution is 0.414. The molecule has 12 heteroatoms. The lowest BCUT2D eigenvalue weighted by atomic mass is 10.1. The third kappa shape index (κ3) is 6.19. The van der Waals surface area contributed by atoms with Gasteiger partial charge in [-0.2, -0.15) is 10.4 Å². The fourth-order valence-corrected chi connectivity index (χ4v) is 4.39. The van der Waals surface area contributed by atoms with Gasteiger partial charge in [0.1, 0.15) is 17.3 Å². The minimum atomic E-state index is -0.544. The quantitative estimate of drug-likeness (QED) is 0.256. The highest BCUT2D eigenvalue weighted by molar-refractivity contribution is 6.30. The summed E-state index contributed by atoms with van der Waals surface area (Å²) in [6.07, 6.45) is 2.37. The van der Waals surface area contributed by atoms with Gasteiger partial charge in [0, 0.05) is 5.02 Å². The largest absolute Gasteiger partial charge is 0.497 e. The van der Waals surface area contributed by atoms with Crippen molar-refractivity contribution in [2.45, 2.75) is 20.0 Å². The molecule has 5 rings (SSSR count). The van der Waals surface area contributed by atoms with Crippen molar-refractivity contribution in [3.05, 3.63) is 127 Å².